The van der Waals surface area contributed by atoms with Crippen LogP contribution in [0.3, 0.4) is 0 Å². The SMILES string of the molecule is CCOc1cc(Sc2ccc(F)cc2F)ccc1N. The van der Waals surface area contributed by atoms with E-state index < -0.39 is 11.6 Å². The third-order valence-corrected chi connectivity index (χ3v) is 3.45. The van der Waals surface area contributed by atoms with Crippen LogP contribution in [0.15, 0.2) is 46.2 Å². The van der Waals surface area contributed by atoms with Gasteiger partial charge in [0, 0.05) is 15.9 Å². The van der Waals surface area contributed by atoms with E-state index in [1.807, 2.05) is 6.92 Å². The molecular weight excluding hydrogens is 268 g/mol. The van der Waals surface area contributed by atoms with Gasteiger partial charge in [0.2, 0.25) is 0 Å². The van der Waals surface area contributed by atoms with Gasteiger partial charge >= 0.3 is 0 Å². The Morgan fingerprint density at radius 1 is 1.16 bits per heavy atom. The van der Waals surface area contributed by atoms with Crippen LogP contribution < -0.4 is 10.5 Å². The molecule has 0 heterocycles. The molecule has 2 aromatic rings. The molecule has 0 radical (unpaired) electrons. The highest BCUT2D eigenvalue weighted by Gasteiger charge is 2.08. The van der Waals surface area contributed by atoms with E-state index in [4.69, 9.17) is 10.5 Å². The third-order valence-electron chi connectivity index (χ3n) is 2.41. The number of hydrogen-bond acceptors (Lipinski definition) is 3. The second kappa shape index (κ2) is 5.93. The standard InChI is InChI=1S/C14H13F2NOS/c1-2-18-13-8-10(4-5-12(13)17)19-14-6-3-9(15)7-11(14)16/h3-8H,2,17H2,1H3. The molecule has 0 unspecified atom stereocenters. The monoisotopic (exact) mass is 281 g/mol. The first-order valence-electron chi connectivity index (χ1n) is 5.75. The maximum absolute atomic E-state index is 13.5. The lowest BCUT2D eigenvalue weighted by molar-refractivity contribution is 0.341. The summed E-state index contributed by atoms with van der Waals surface area (Å²) in [6.07, 6.45) is 0. The van der Waals surface area contributed by atoms with E-state index >= 15 is 0 Å². The third kappa shape index (κ3) is 3.38. The fourth-order valence-electron chi connectivity index (χ4n) is 1.54. The molecule has 5 heteroatoms. The average Bonchev–Trinajstić information content (AvgIpc) is 2.37. The lowest BCUT2D eigenvalue weighted by atomic mass is 10.3. The Kier molecular flexibility index (Phi) is 4.27. The van der Waals surface area contributed by atoms with Gasteiger partial charge in [-0.05, 0) is 37.3 Å². The molecule has 0 aliphatic carbocycles. The molecule has 2 nitrogen and oxygen atoms in total. The minimum atomic E-state index is -0.589. The number of nitrogens with two attached hydrogens (primary N) is 1. The van der Waals surface area contributed by atoms with Crippen molar-refractivity contribution in [3.63, 3.8) is 0 Å². The Bertz CT molecular complexity index is 590. The van der Waals surface area contributed by atoms with Gasteiger partial charge in [0.05, 0.1) is 12.3 Å². The van der Waals surface area contributed by atoms with Gasteiger partial charge < -0.3 is 10.5 Å². The molecule has 2 aromatic carbocycles. The largest absolute Gasteiger partial charge is 0.492 e. The van der Waals surface area contributed by atoms with E-state index in [0.29, 0.717) is 22.9 Å². The molecule has 0 saturated carbocycles. The van der Waals surface area contributed by atoms with Gasteiger partial charge in [0.25, 0.3) is 0 Å². The van der Waals surface area contributed by atoms with E-state index in [9.17, 15) is 8.78 Å². The first-order valence-corrected chi connectivity index (χ1v) is 6.57. The van der Waals surface area contributed by atoms with E-state index in [1.54, 1.807) is 18.2 Å². The zero-order valence-corrected chi connectivity index (χ0v) is 11.1. The summed E-state index contributed by atoms with van der Waals surface area (Å²) in [6, 6.07) is 8.72. The Hall–Kier alpha value is -1.75. The zero-order valence-electron chi connectivity index (χ0n) is 10.3. The maximum atomic E-state index is 13.5. The predicted octanol–water partition coefficient (Wildman–Crippen LogP) is 4.10. The molecule has 0 bridgehead atoms. The second-order valence-electron chi connectivity index (χ2n) is 3.81. The molecule has 100 valence electrons. The summed E-state index contributed by atoms with van der Waals surface area (Å²) in [6.45, 7) is 2.36. The number of rotatable bonds is 4. The van der Waals surface area contributed by atoms with Crippen LogP contribution in [-0.4, -0.2) is 6.61 Å². The van der Waals surface area contributed by atoms with Crippen molar-refractivity contribution in [1.82, 2.24) is 0 Å². The van der Waals surface area contributed by atoms with Crippen LogP contribution in [0.1, 0.15) is 6.92 Å². The molecule has 0 atom stereocenters. The zero-order chi connectivity index (χ0) is 13.8. The number of benzene rings is 2. The molecule has 0 aromatic heterocycles. The van der Waals surface area contributed by atoms with Crippen molar-refractivity contribution >= 4 is 17.4 Å². The molecule has 0 fully saturated rings. The topological polar surface area (TPSA) is 35.2 Å². The summed E-state index contributed by atoms with van der Waals surface area (Å²) in [5.41, 5.74) is 6.29. The smallest absolute Gasteiger partial charge is 0.143 e. The molecule has 0 saturated heterocycles. The van der Waals surface area contributed by atoms with Gasteiger partial charge in [-0.25, -0.2) is 8.78 Å². The van der Waals surface area contributed by atoms with Crippen LogP contribution in [0.2, 0.25) is 0 Å². The Balaban J connectivity index is 2.25. The van der Waals surface area contributed by atoms with Gasteiger partial charge in [-0.2, -0.15) is 0 Å². The first kappa shape index (κ1) is 13.7. The number of nitrogen functional groups attached to an aromatic ring is 1. The lowest BCUT2D eigenvalue weighted by Crippen LogP contribution is -1.96. The summed E-state index contributed by atoms with van der Waals surface area (Å²) in [4.78, 5) is 1.14. The van der Waals surface area contributed by atoms with Crippen molar-refractivity contribution in [1.29, 1.82) is 0 Å². The van der Waals surface area contributed by atoms with Gasteiger partial charge in [-0.15, -0.1) is 0 Å². The number of halogens is 2. The molecule has 19 heavy (non-hydrogen) atoms. The van der Waals surface area contributed by atoms with Crippen molar-refractivity contribution in [2.24, 2.45) is 0 Å². The summed E-state index contributed by atoms with van der Waals surface area (Å²) in [7, 11) is 0. The predicted molar refractivity (Wildman–Crippen MR) is 72.5 cm³/mol. The molecule has 0 aliphatic heterocycles. The number of anilines is 1. The van der Waals surface area contributed by atoms with Crippen LogP contribution in [0, 0.1) is 11.6 Å². The van der Waals surface area contributed by atoms with Gasteiger partial charge in [-0.1, -0.05) is 11.8 Å². The fraction of sp³-hybridized carbons (Fsp3) is 0.143. The van der Waals surface area contributed by atoms with Crippen molar-refractivity contribution < 1.29 is 13.5 Å². The molecule has 2 rings (SSSR count). The van der Waals surface area contributed by atoms with Crippen LogP contribution >= 0.6 is 11.8 Å². The summed E-state index contributed by atoms with van der Waals surface area (Å²) >= 11 is 1.19. The Morgan fingerprint density at radius 2 is 1.95 bits per heavy atom. The summed E-state index contributed by atoms with van der Waals surface area (Å²) in [5.74, 6) is -0.607. The average molecular weight is 281 g/mol. The van der Waals surface area contributed by atoms with E-state index in [2.05, 4.69) is 0 Å². The lowest BCUT2D eigenvalue weighted by Gasteiger charge is -2.09. The minimum Gasteiger partial charge on any atom is -0.492 e. The normalized spacial score (nSPS) is 10.5. The first-order chi connectivity index (χ1) is 9.10. The fourth-order valence-corrected chi connectivity index (χ4v) is 2.39. The highest BCUT2D eigenvalue weighted by Crippen LogP contribution is 2.34. The molecule has 0 spiro atoms. The maximum Gasteiger partial charge on any atom is 0.143 e. The van der Waals surface area contributed by atoms with Gasteiger partial charge in [0.15, 0.2) is 0 Å². The minimum absolute atomic E-state index is 0.355. The quantitative estimate of drug-likeness (QED) is 0.857. The Labute approximate surface area is 114 Å². The molecular formula is C14H13F2NOS. The van der Waals surface area contributed by atoms with Crippen LogP contribution in [-0.2, 0) is 0 Å². The number of ether oxygens (including phenoxy) is 1. The van der Waals surface area contributed by atoms with Crippen molar-refractivity contribution in [3.8, 4) is 5.75 Å². The van der Waals surface area contributed by atoms with Crippen LogP contribution in [0.5, 0.6) is 5.75 Å². The van der Waals surface area contributed by atoms with Crippen LogP contribution in [0.4, 0.5) is 14.5 Å². The van der Waals surface area contributed by atoms with Crippen molar-refractivity contribution in [3.05, 3.63) is 48.0 Å². The summed E-state index contributed by atoms with van der Waals surface area (Å²) in [5, 5.41) is 0. The number of hydrogen-bond donors (Lipinski definition) is 1. The van der Waals surface area contributed by atoms with Crippen LogP contribution in [0.25, 0.3) is 0 Å². The van der Waals surface area contributed by atoms with E-state index in [-0.39, 0.29) is 0 Å². The van der Waals surface area contributed by atoms with Crippen molar-refractivity contribution in [2.75, 3.05) is 12.3 Å². The van der Waals surface area contributed by atoms with E-state index in [0.717, 1.165) is 11.0 Å². The molecule has 0 aliphatic rings. The van der Waals surface area contributed by atoms with E-state index in [1.165, 1.54) is 23.9 Å². The van der Waals surface area contributed by atoms with Crippen molar-refractivity contribution in [2.45, 2.75) is 16.7 Å². The highest BCUT2D eigenvalue weighted by atomic mass is 32.2. The molecule has 0 amide bonds. The molecule has 2 N–H and O–H groups in total. The highest BCUT2D eigenvalue weighted by molar-refractivity contribution is 7.99. The van der Waals surface area contributed by atoms with Gasteiger partial charge in [-0.3, -0.25) is 0 Å². The Morgan fingerprint density at radius 3 is 2.63 bits per heavy atom. The summed E-state index contributed by atoms with van der Waals surface area (Å²) < 4.78 is 31.7. The van der Waals surface area contributed by atoms with Gasteiger partial charge in [0.1, 0.15) is 17.4 Å². The second-order valence-corrected chi connectivity index (χ2v) is 4.92.